The van der Waals surface area contributed by atoms with Crippen LogP contribution >= 0.6 is 0 Å². The Balaban J connectivity index is 3.09. The fourth-order valence-corrected chi connectivity index (χ4v) is 2.91. The topological polar surface area (TPSA) is 105 Å². The molecule has 0 saturated carbocycles. The number of carbonyl (C=O) groups is 2. The number of aromatic carboxylic acids is 1. The summed E-state index contributed by atoms with van der Waals surface area (Å²) in [6.07, 6.45) is 2.48. The van der Waals surface area contributed by atoms with Crippen LogP contribution < -0.4 is 14.8 Å². The van der Waals surface area contributed by atoms with Gasteiger partial charge in [-0.05, 0) is 25.0 Å². The van der Waals surface area contributed by atoms with Crippen LogP contribution in [0.25, 0.3) is 0 Å². The summed E-state index contributed by atoms with van der Waals surface area (Å²) in [5.41, 5.74) is -0.917. The number of methoxy groups -OCH3 is 2. The van der Waals surface area contributed by atoms with Crippen LogP contribution in [-0.2, 0) is 4.79 Å². The maximum absolute atomic E-state index is 12.4. The molecule has 1 rings (SSSR count). The lowest BCUT2D eigenvalue weighted by atomic mass is 9.89. The highest BCUT2D eigenvalue weighted by molar-refractivity contribution is 5.97. The first-order chi connectivity index (χ1) is 11.8. The van der Waals surface area contributed by atoms with Crippen molar-refractivity contribution in [1.29, 1.82) is 0 Å². The molecule has 0 aliphatic rings. The number of carbonyl (C=O) groups excluding carboxylic acids is 1. The third-order valence-corrected chi connectivity index (χ3v) is 3.92. The van der Waals surface area contributed by atoms with Crippen molar-refractivity contribution in [1.82, 2.24) is 0 Å². The van der Waals surface area contributed by atoms with Gasteiger partial charge in [0, 0.05) is 0 Å². The van der Waals surface area contributed by atoms with Crippen LogP contribution in [0.15, 0.2) is 12.1 Å². The second kappa shape index (κ2) is 9.27. The van der Waals surface area contributed by atoms with Gasteiger partial charge in [0.2, 0.25) is 5.91 Å². The number of hydrogen-bond donors (Lipinski definition) is 3. The summed E-state index contributed by atoms with van der Waals surface area (Å²) in [6, 6.07) is 2.63. The molecule has 1 amide bonds. The zero-order chi connectivity index (χ0) is 19.0. The van der Waals surface area contributed by atoms with Gasteiger partial charge in [-0.1, -0.05) is 26.7 Å². The van der Waals surface area contributed by atoms with E-state index in [1.54, 1.807) is 0 Å². The molecule has 7 heteroatoms. The Bertz CT molecular complexity index is 608. The lowest BCUT2D eigenvalue weighted by Gasteiger charge is -2.27. The van der Waals surface area contributed by atoms with Crippen LogP contribution in [-0.4, -0.2) is 41.9 Å². The quantitative estimate of drug-likeness (QED) is 0.597. The van der Waals surface area contributed by atoms with E-state index in [1.807, 2.05) is 13.8 Å². The lowest BCUT2D eigenvalue weighted by molar-refractivity contribution is -0.121. The van der Waals surface area contributed by atoms with Gasteiger partial charge < -0.3 is 25.0 Å². The zero-order valence-electron chi connectivity index (χ0n) is 15.2. The fourth-order valence-electron chi connectivity index (χ4n) is 2.91. The van der Waals surface area contributed by atoms with Crippen molar-refractivity contribution < 1.29 is 29.3 Å². The molecule has 0 aliphatic carbocycles. The number of carboxylic acids is 1. The molecule has 0 fully saturated rings. The summed E-state index contributed by atoms with van der Waals surface area (Å²) in [4.78, 5) is 23.7. The van der Waals surface area contributed by atoms with E-state index in [-0.39, 0.29) is 29.2 Å². The molecule has 0 heterocycles. The standard InChI is InChI=1S/C18H27NO6/c1-5-7-18(23,8-6-2)11-15(20)19-13-9-12(17(21)22)10-14(24-3)16(13)25-4/h9-10,23H,5-8,11H2,1-4H3,(H,19,20)(H,21,22). The maximum atomic E-state index is 12.4. The molecule has 1 aromatic carbocycles. The van der Waals surface area contributed by atoms with Crippen LogP contribution in [0.3, 0.4) is 0 Å². The monoisotopic (exact) mass is 353 g/mol. The molecule has 0 aromatic heterocycles. The van der Waals surface area contributed by atoms with Gasteiger partial charge in [-0.3, -0.25) is 4.79 Å². The Morgan fingerprint density at radius 2 is 1.72 bits per heavy atom. The minimum absolute atomic E-state index is 0.0367. The number of nitrogens with one attached hydrogen (secondary N) is 1. The van der Waals surface area contributed by atoms with Gasteiger partial charge in [-0.25, -0.2) is 4.79 Å². The van der Waals surface area contributed by atoms with Crippen molar-refractivity contribution in [3.63, 3.8) is 0 Å². The Morgan fingerprint density at radius 3 is 2.16 bits per heavy atom. The number of hydrogen-bond acceptors (Lipinski definition) is 5. The van der Waals surface area contributed by atoms with Gasteiger partial charge in [-0.15, -0.1) is 0 Å². The van der Waals surface area contributed by atoms with E-state index in [0.29, 0.717) is 12.8 Å². The Labute approximate surface area is 147 Å². The predicted octanol–water partition coefficient (Wildman–Crippen LogP) is 3.06. The first-order valence-corrected chi connectivity index (χ1v) is 8.31. The van der Waals surface area contributed by atoms with Gasteiger partial charge in [-0.2, -0.15) is 0 Å². The molecule has 25 heavy (non-hydrogen) atoms. The van der Waals surface area contributed by atoms with E-state index in [2.05, 4.69) is 5.32 Å². The summed E-state index contributed by atoms with van der Waals surface area (Å²) < 4.78 is 10.4. The molecule has 0 unspecified atom stereocenters. The zero-order valence-corrected chi connectivity index (χ0v) is 15.2. The molecule has 0 bridgehead atoms. The third kappa shape index (κ3) is 5.63. The van der Waals surface area contributed by atoms with E-state index in [4.69, 9.17) is 9.47 Å². The normalized spacial score (nSPS) is 11.1. The number of ether oxygens (including phenoxy) is 2. The molecule has 7 nitrogen and oxygen atoms in total. The summed E-state index contributed by atoms with van der Waals surface area (Å²) >= 11 is 0. The van der Waals surface area contributed by atoms with Crippen LogP contribution in [0.4, 0.5) is 5.69 Å². The van der Waals surface area contributed by atoms with Gasteiger partial charge in [0.15, 0.2) is 11.5 Å². The first kappa shape index (κ1) is 20.8. The number of rotatable bonds is 10. The van der Waals surface area contributed by atoms with Gasteiger partial charge in [0.25, 0.3) is 0 Å². The summed E-state index contributed by atoms with van der Waals surface area (Å²) in [5.74, 6) is -1.12. The molecular formula is C18H27NO6. The van der Waals surface area contributed by atoms with E-state index in [0.717, 1.165) is 12.8 Å². The summed E-state index contributed by atoms with van der Waals surface area (Å²) in [5, 5.41) is 22.5. The molecule has 0 atom stereocenters. The SMILES string of the molecule is CCCC(O)(CCC)CC(=O)Nc1cc(C(=O)O)cc(OC)c1OC. The molecule has 0 aliphatic heterocycles. The van der Waals surface area contributed by atoms with Gasteiger partial charge in [0.05, 0.1) is 37.5 Å². The van der Waals surface area contributed by atoms with Crippen molar-refractivity contribution >= 4 is 17.6 Å². The first-order valence-electron chi connectivity index (χ1n) is 8.31. The predicted molar refractivity (Wildman–Crippen MR) is 94.5 cm³/mol. The van der Waals surface area contributed by atoms with E-state index >= 15 is 0 Å². The molecule has 0 spiro atoms. The minimum atomic E-state index is -1.15. The van der Waals surface area contributed by atoms with Crippen molar-refractivity contribution in [3.05, 3.63) is 17.7 Å². The van der Waals surface area contributed by atoms with Crippen LogP contribution in [0.2, 0.25) is 0 Å². The Kier molecular flexibility index (Phi) is 7.70. The largest absolute Gasteiger partial charge is 0.493 e. The van der Waals surface area contributed by atoms with E-state index < -0.39 is 17.5 Å². The Hall–Kier alpha value is -2.28. The highest BCUT2D eigenvalue weighted by atomic mass is 16.5. The van der Waals surface area contributed by atoms with Crippen molar-refractivity contribution in [3.8, 4) is 11.5 Å². The van der Waals surface area contributed by atoms with Crippen LogP contribution in [0, 0.1) is 0 Å². The number of amides is 1. The smallest absolute Gasteiger partial charge is 0.335 e. The highest BCUT2D eigenvalue weighted by Crippen LogP contribution is 2.37. The minimum Gasteiger partial charge on any atom is -0.493 e. The molecule has 140 valence electrons. The molecule has 1 aromatic rings. The number of anilines is 1. The highest BCUT2D eigenvalue weighted by Gasteiger charge is 2.29. The molecule has 0 saturated heterocycles. The van der Waals surface area contributed by atoms with E-state index in [9.17, 15) is 19.8 Å². The summed E-state index contributed by atoms with van der Waals surface area (Å²) in [6.45, 7) is 3.89. The van der Waals surface area contributed by atoms with E-state index in [1.165, 1.54) is 26.4 Å². The molecule has 0 radical (unpaired) electrons. The molecular weight excluding hydrogens is 326 g/mol. The molecule has 3 N–H and O–H groups in total. The number of carboxylic acid groups (broad SMARTS) is 1. The fraction of sp³-hybridized carbons (Fsp3) is 0.556. The summed E-state index contributed by atoms with van der Waals surface area (Å²) in [7, 11) is 2.79. The van der Waals surface area contributed by atoms with Crippen LogP contribution in [0.1, 0.15) is 56.3 Å². The Morgan fingerprint density at radius 1 is 1.12 bits per heavy atom. The van der Waals surface area contributed by atoms with Gasteiger partial charge in [0.1, 0.15) is 0 Å². The van der Waals surface area contributed by atoms with Crippen molar-refractivity contribution in [2.75, 3.05) is 19.5 Å². The average Bonchev–Trinajstić information content (AvgIpc) is 2.53. The number of aliphatic hydroxyl groups is 1. The van der Waals surface area contributed by atoms with Crippen molar-refractivity contribution in [2.45, 2.75) is 51.6 Å². The second-order valence-corrected chi connectivity index (χ2v) is 6.01. The maximum Gasteiger partial charge on any atom is 0.335 e. The lowest BCUT2D eigenvalue weighted by Crippen LogP contribution is -2.34. The van der Waals surface area contributed by atoms with Crippen LogP contribution in [0.5, 0.6) is 11.5 Å². The number of benzene rings is 1. The van der Waals surface area contributed by atoms with Crippen molar-refractivity contribution in [2.24, 2.45) is 0 Å². The second-order valence-electron chi connectivity index (χ2n) is 6.01. The average molecular weight is 353 g/mol. The van der Waals surface area contributed by atoms with Gasteiger partial charge >= 0.3 is 5.97 Å². The third-order valence-electron chi connectivity index (χ3n) is 3.92.